The molecule has 1 nitrogen and oxygen atoms in total. The molecule has 1 aliphatic rings. The number of Topliss-reactive ketones (excluding diaryl/α,β-unsaturated/α-hetero) is 1. The van der Waals surface area contributed by atoms with Crippen molar-refractivity contribution in [1.82, 2.24) is 0 Å². The molecule has 0 aromatic heterocycles. The Bertz CT molecular complexity index is 129. The Hall–Kier alpha value is -0.330. The van der Waals surface area contributed by atoms with E-state index in [9.17, 15) is 4.79 Å². The number of rotatable bonds is 2. The molecule has 0 aromatic rings. The Balaban J connectivity index is 2.41. The van der Waals surface area contributed by atoms with Gasteiger partial charge in [-0.3, -0.25) is 4.79 Å². The van der Waals surface area contributed by atoms with Crippen LogP contribution in [0.15, 0.2) is 0 Å². The third-order valence-electron chi connectivity index (χ3n) is 2.64. The lowest BCUT2D eigenvalue weighted by Gasteiger charge is -2.11. The summed E-state index contributed by atoms with van der Waals surface area (Å²) < 4.78 is 0. The molecule has 0 bridgehead atoms. The molecule has 0 radical (unpaired) electrons. The lowest BCUT2D eigenvalue weighted by atomic mass is 9.93. The highest BCUT2D eigenvalue weighted by molar-refractivity contribution is 5.82. The van der Waals surface area contributed by atoms with Crippen LogP contribution in [0, 0.1) is 11.8 Å². The van der Waals surface area contributed by atoms with Gasteiger partial charge in [-0.1, -0.05) is 26.7 Å². The van der Waals surface area contributed by atoms with E-state index in [-0.39, 0.29) is 0 Å². The summed E-state index contributed by atoms with van der Waals surface area (Å²) in [5.41, 5.74) is 0. The van der Waals surface area contributed by atoms with E-state index in [1.165, 1.54) is 12.8 Å². The summed E-state index contributed by atoms with van der Waals surface area (Å²) in [5, 5.41) is 0. The second-order valence-corrected chi connectivity index (χ2v) is 3.34. The van der Waals surface area contributed by atoms with Crippen LogP contribution in [0.5, 0.6) is 0 Å². The third kappa shape index (κ3) is 1.39. The van der Waals surface area contributed by atoms with Crippen LogP contribution < -0.4 is 0 Å². The molecule has 0 N–H and O–H groups in total. The number of carbonyl (C=O) groups excluding carboxylic acids is 1. The van der Waals surface area contributed by atoms with Crippen molar-refractivity contribution in [3.8, 4) is 0 Å². The summed E-state index contributed by atoms with van der Waals surface area (Å²) in [6.45, 7) is 4.27. The summed E-state index contributed by atoms with van der Waals surface area (Å²) in [6, 6.07) is 0. The number of carbonyl (C=O) groups is 1. The predicted molar refractivity (Wildman–Crippen MR) is 41.8 cm³/mol. The number of ketones is 1. The van der Waals surface area contributed by atoms with Gasteiger partial charge in [-0.05, 0) is 12.3 Å². The molecule has 10 heavy (non-hydrogen) atoms. The van der Waals surface area contributed by atoms with Gasteiger partial charge >= 0.3 is 0 Å². The second kappa shape index (κ2) is 3.18. The molecule has 58 valence electrons. The van der Waals surface area contributed by atoms with Gasteiger partial charge in [0.1, 0.15) is 5.78 Å². The van der Waals surface area contributed by atoms with Crippen molar-refractivity contribution < 1.29 is 4.79 Å². The first-order valence-corrected chi connectivity index (χ1v) is 4.28. The van der Waals surface area contributed by atoms with E-state index in [0.29, 0.717) is 17.6 Å². The predicted octanol–water partition coefficient (Wildman–Crippen LogP) is 2.40. The quantitative estimate of drug-likeness (QED) is 0.575. The maximum absolute atomic E-state index is 11.1. The van der Waals surface area contributed by atoms with Gasteiger partial charge in [0, 0.05) is 12.3 Å². The van der Waals surface area contributed by atoms with Gasteiger partial charge in [-0.15, -0.1) is 0 Å². The minimum Gasteiger partial charge on any atom is -0.299 e. The first kappa shape index (κ1) is 7.77. The third-order valence-corrected chi connectivity index (χ3v) is 2.64. The van der Waals surface area contributed by atoms with Crippen LogP contribution >= 0.6 is 0 Å². The molecule has 1 rings (SSSR count). The van der Waals surface area contributed by atoms with Crippen LogP contribution in [-0.2, 0) is 4.79 Å². The van der Waals surface area contributed by atoms with E-state index < -0.39 is 0 Å². The van der Waals surface area contributed by atoms with Gasteiger partial charge in [0.15, 0.2) is 0 Å². The number of hydrogen-bond acceptors (Lipinski definition) is 1. The van der Waals surface area contributed by atoms with Crippen LogP contribution in [0.3, 0.4) is 0 Å². The normalized spacial score (nSPS) is 33.2. The van der Waals surface area contributed by atoms with Crippen molar-refractivity contribution in [2.75, 3.05) is 0 Å². The van der Waals surface area contributed by atoms with E-state index >= 15 is 0 Å². The zero-order valence-electron chi connectivity index (χ0n) is 6.89. The van der Waals surface area contributed by atoms with Gasteiger partial charge in [-0.2, -0.15) is 0 Å². The molecular weight excluding hydrogens is 124 g/mol. The van der Waals surface area contributed by atoms with Crippen molar-refractivity contribution in [3.63, 3.8) is 0 Å². The van der Waals surface area contributed by atoms with Crippen molar-refractivity contribution in [2.24, 2.45) is 11.8 Å². The van der Waals surface area contributed by atoms with Gasteiger partial charge in [0.25, 0.3) is 0 Å². The summed E-state index contributed by atoms with van der Waals surface area (Å²) in [6.07, 6.45) is 4.45. The van der Waals surface area contributed by atoms with Crippen molar-refractivity contribution in [3.05, 3.63) is 0 Å². The first-order valence-electron chi connectivity index (χ1n) is 4.28. The van der Waals surface area contributed by atoms with Gasteiger partial charge in [-0.25, -0.2) is 0 Å². The van der Waals surface area contributed by atoms with Crippen molar-refractivity contribution in [2.45, 2.75) is 39.5 Å². The standard InChI is InChI=1S/C9H16O/c1-3-4-8-5-6-9(10)7(8)2/h7-8H,3-6H2,1-2H3. The molecule has 0 amide bonds. The molecule has 1 aliphatic carbocycles. The van der Waals surface area contributed by atoms with Gasteiger partial charge < -0.3 is 0 Å². The fourth-order valence-electron chi connectivity index (χ4n) is 1.83. The van der Waals surface area contributed by atoms with Crippen molar-refractivity contribution in [1.29, 1.82) is 0 Å². The van der Waals surface area contributed by atoms with Crippen molar-refractivity contribution >= 4 is 5.78 Å². The van der Waals surface area contributed by atoms with E-state index in [1.54, 1.807) is 0 Å². The Morgan fingerprint density at radius 3 is 2.70 bits per heavy atom. The van der Waals surface area contributed by atoms with E-state index in [2.05, 4.69) is 13.8 Å². The summed E-state index contributed by atoms with van der Waals surface area (Å²) in [5.74, 6) is 1.55. The highest BCUT2D eigenvalue weighted by Crippen LogP contribution is 2.31. The zero-order valence-corrected chi connectivity index (χ0v) is 6.89. The lowest BCUT2D eigenvalue weighted by Crippen LogP contribution is -2.09. The fourth-order valence-corrected chi connectivity index (χ4v) is 1.83. The minimum absolute atomic E-state index is 0.361. The molecule has 0 saturated heterocycles. The molecule has 1 heteroatoms. The fraction of sp³-hybridized carbons (Fsp3) is 0.889. The summed E-state index contributed by atoms with van der Waals surface area (Å²) >= 11 is 0. The first-order chi connectivity index (χ1) is 4.75. The van der Waals surface area contributed by atoms with E-state index in [4.69, 9.17) is 0 Å². The maximum Gasteiger partial charge on any atom is 0.135 e. The Morgan fingerprint density at radius 2 is 2.30 bits per heavy atom. The van der Waals surface area contributed by atoms with Crippen LogP contribution in [0.25, 0.3) is 0 Å². The monoisotopic (exact) mass is 140 g/mol. The molecule has 0 heterocycles. The molecule has 1 saturated carbocycles. The summed E-state index contributed by atoms with van der Waals surface area (Å²) in [4.78, 5) is 11.1. The van der Waals surface area contributed by atoms with Crippen LogP contribution in [0.4, 0.5) is 0 Å². The molecule has 2 atom stereocenters. The smallest absolute Gasteiger partial charge is 0.135 e. The molecule has 1 fully saturated rings. The van der Waals surface area contributed by atoms with E-state index in [1.807, 2.05) is 0 Å². The molecule has 0 aliphatic heterocycles. The average molecular weight is 140 g/mol. The Labute approximate surface area is 62.8 Å². The SMILES string of the molecule is CCCC1CCC(=O)C1C. The molecular formula is C9H16O. The Morgan fingerprint density at radius 1 is 1.60 bits per heavy atom. The van der Waals surface area contributed by atoms with Crippen LogP contribution in [0.2, 0.25) is 0 Å². The lowest BCUT2D eigenvalue weighted by molar-refractivity contribution is -0.120. The topological polar surface area (TPSA) is 17.1 Å². The summed E-state index contributed by atoms with van der Waals surface area (Å²) in [7, 11) is 0. The molecule has 0 spiro atoms. The highest BCUT2D eigenvalue weighted by atomic mass is 16.1. The van der Waals surface area contributed by atoms with E-state index in [0.717, 1.165) is 12.8 Å². The van der Waals surface area contributed by atoms with Gasteiger partial charge in [0.05, 0.1) is 0 Å². The number of hydrogen-bond donors (Lipinski definition) is 0. The zero-order chi connectivity index (χ0) is 7.56. The largest absolute Gasteiger partial charge is 0.299 e. The molecule has 2 unspecified atom stereocenters. The second-order valence-electron chi connectivity index (χ2n) is 3.34. The van der Waals surface area contributed by atoms with Crippen LogP contribution in [-0.4, -0.2) is 5.78 Å². The Kier molecular flexibility index (Phi) is 2.47. The highest BCUT2D eigenvalue weighted by Gasteiger charge is 2.29. The average Bonchev–Trinajstić information content (AvgIpc) is 2.20. The van der Waals surface area contributed by atoms with Gasteiger partial charge in [0.2, 0.25) is 0 Å². The van der Waals surface area contributed by atoms with Crippen LogP contribution in [0.1, 0.15) is 39.5 Å². The molecule has 0 aromatic carbocycles. The maximum atomic E-state index is 11.1. The minimum atomic E-state index is 0.361.